The highest BCUT2D eigenvalue weighted by Crippen LogP contribution is 2.46. The van der Waals surface area contributed by atoms with Crippen LogP contribution in [0.25, 0.3) is 0 Å². The second kappa shape index (κ2) is 10.6. The zero-order chi connectivity index (χ0) is 18.0. The molecule has 1 atom stereocenters. The lowest BCUT2D eigenvalue weighted by Gasteiger charge is -2.47. The molecule has 0 aromatic carbocycles. The molecule has 0 rings (SSSR count). The average molecular weight is 332 g/mol. The van der Waals surface area contributed by atoms with Crippen molar-refractivity contribution in [1.82, 2.24) is 0 Å². The van der Waals surface area contributed by atoms with E-state index in [9.17, 15) is 0 Å². The third-order valence-corrected chi connectivity index (χ3v) is 5.46. The minimum Gasteiger partial charge on any atom is -0.353 e. The number of hydrogen-bond donors (Lipinski definition) is 3. The quantitative estimate of drug-likeness (QED) is 0.334. The van der Waals surface area contributed by atoms with E-state index in [0.29, 0.717) is 6.42 Å². The highest BCUT2D eigenvalue weighted by molar-refractivity contribution is 4.92. The zero-order valence-corrected chi connectivity index (χ0v) is 16.1. The number of hydrogen-bond acceptors (Lipinski definition) is 5. The van der Waals surface area contributed by atoms with E-state index in [1.807, 2.05) is 6.92 Å². The van der Waals surface area contributed by atoms with Crippen molar-refractivity contribution in [2.24, 2.45) is 22.6 Å². The number of methoxy groups -OCH3 is 2. The van der Waals surface area contributed by atoms with Crippen LogP contribution in [0.1, 0.15) is 85.0 Å². The van der Waals surface area contributed by atoms with Crippen LogP contribution in [-0.4, -0.2) is 25.8 Å². The fourth-order valence-corrected chi connectivity index (χ4v) is 3.47. The first-order valence-electron chi connectivity index (χ1n) is 9.17. The Morgan fingerprint density at radius 1 is 0.739 bits per heavy atom. The lowest BCUT2D eigenvalue weighted by molar-refractivity contribution is -0.271. The molecule has 0 radical (unpaired) electrons. The minimum absolute atomic E-state index is 0.134. The molecule has 0 aliphatic carbocycles. The molecule has 5 nitrogen and oxygen atoms in total. The van der Waals surface area contributed by atoms with Gasteiger partial charge in [-0.15, -0.1) is 0 Å². The molecule has 23 heavy (non-hydrogen) atoms. The molecule has 0 aliphatic rings. The summed E-state index contributed by atoms with van der Waals surface area (Å²) in [7, 11) is 3.41. The first kappa shape index (κ1) is 22.8. The van der Waals surface area contributed by atoms with Crippen LogP contribution in [0, 0.1) is 5.41 Å². The Bertz CT molecular complexity index is 301. The van der Waals surface area contributed by atoms with Crippen LogP contribution in [0.3, 0.4) is 0 Å². The fourth-order valence-electron chi connectivity index (χ4n) is 3.47. The van der Waals surface area contributed by atoms with E-state index >= 15 is 0 Å². The lowest BCUT2D eigenvalue weighted by Crippen LogP contribution is -2.59. The Labute approximate surface area is 143 Å². The molecule has 0 heterocycles. The summed E-state index contributed by atoms with van der Waals surface area (Å²) in [4.78, 5) is 0. The van der Waals surface area contributed by atoms with E-state index < -0.39 is 11.6 Å². The van der Waals surface area contributed by atoms with Crippen molar-refractivity contribution in [2.75, 3.05) is 14.2 Å². The molecule has 6 N–H and O–H groups in total. The van der Waals surface area contributed by atoms with Crippen LogP contribution < -0.4 is 17.2 Å². The van der Waals surface area contributed by atoms with E-state index in [2.05, 4.69) is 13.8 Å². The van der Waals surface area contributed by atoms with Crippen LogP contribution in [-0.2, 0) is 9.47 Å². The van der Waals surface area contributed by atoms with E-state index in [-0.39, 0.29) is 5.41 Å². The summed E-state index contributed by atoms with van der Waals surface area (Å²) in [6.45, 7) is 6.43. The van der Waals surface area contributed by atoms with Crippen molar-refractivity contribution >= 4 is 0 Å². The van der Waals surface area contributed by atoms with Gasteiger partial charge in [0, 0.05) is 19.6 Å². The Morgan fingerprint density at radius 2 is 1.26 bits per heavy atom. The Morgan fingerprint density at radius 3 is 1.70 bits per heavy atom. The van der Waals surface area contributed by atoms with Gasteiger partial charge in [-0.2, -0.15) is 0 Å². The van der Waals surface area contributed by atoms with Gasteiger partial charge in [-0.25, -0.2) is 0 Å². The predicted molar refractivity (Wildman–Crippen MR) is 97.7 cm³/mol. The molecule has 1 unspecified atom stereocenters. The van der Waals surface area contributed by atoms with E-state index in [0.717, 1.165) is 25.7 Å². The molecular weight excluding hydrogens is 290 g/mol. The third-order valence-electron chi connectivity index (χ3n) is 5.46. The van der Waals surface area contributed by atoms with Crippen molar-refractivity contribution in [3.8, 4) is 0 Å². The largest absolute Gasteiger partial charge is 0.353 e. The van der Waals surface area contributed by atoms with Gasteiger partial charge in [-0.05, 0) is 32.6 Å². The van der Waals surface area contributed by atoms with E-state index in [1.165, 1.54) is 32.1 Å². The van der Waals surface area contributed by atoms with Crippen LogP contribution >= 0.6 is 0 Å². The van der Waals surface area contributed by atoms with E-state index in [1.54, 1.807) is 14.2 Å². The van der Waals surface area contributed by atoms with Gasteiger partial charge >= 0.3 is 0 Å². The number of rotatable bonds is 14. The number of ether oxygens (including phenoxy) is 2. The van der Waals surface area contributed by atoms with Crippen molar-refractivity contribution in [3.05, 3.63) is 0 Å². The summed E-state index contributed by atoms with van der Waals surface area (Å²) in [5.74, 6) is -1.81. The summed E-state index contributed by atoms with van der Waals surface area (Å²) >= 11 is 0. The molecular formula is C18H41N3O2. The summed E-state index contributed by atoms with van der Waals surface area (Å²) in [6.07, 6.45) is 10.9. The second-order valence-corrected chi connectivity index (χ2v) is 7.12. The monoisotopic (exact) mass is 331 g/mol. The lowest BCUT2D eigenvalue weighted by atomic mass is 9.69. The Hall–Kier alpha value is -0.200. The van der Waals surface area contributed by atoms with Crippen LogP contribution in [0.5, 0.6) is 0 Å². The smallest absolute Gasteiger partial charge is 0.170 e. The third kappa shape index (κ3) is 7.48. The molecule has 0 aromatic heterocycles. The summed E-state index contributed by atoms with van der Waals surface area (Å²) in [6, 6.07) is 0. The predicted octanol–water partition coefficient (Wildman–Crippen LogP) is 3.45. The number of nitrogens with two attached hydrogens (primary N) is 3. The maximum atomic E-state index is 5.81. The van der Waals surface area contributed by atoms with Gasteiger partial charge in [0.1, 0.15) is 5.79 Å². The van der Waals surface area contributed by atoms with Crippen LogP contribution in [0.4, 0.5) is 0 Å². The zero-order valence-electron chi connectivity index (χ0n) is 16.1. The highest BCUT2D eigenvalue weighted by Gasteiger charge is 2.47. The van der Waals surface area contributed by atoms with Crippen molar-refractivity contribution in [3.63, 3.8) is 0 Å². The van der Waals surface area contributed by atoms with Gasteiger partial charge in [0.2, 0.25) is 0 Å². The van der Waals surface area contributed by atoms with Gasteiger partial charge in [-0.3, -0.25) is 0 Å². The summed E-state index contributed by atoms with van der Waals surface area (Å²) in [5, 5.41) is 0. The normalized spacial score (nSPS) is 15.7. The molecule has 0 saturated carbocycles. The van der Waals surface area contributed by atoms with Crippen molar-refractivity contribution < 1.29 is 9.47 Å². The standard InChI is InChI=1S/C18H41N3O2/c1-6-8-9-10-11-12-13-17(7-2,14-15-18(19,20)21)16(3,22-4)23-5/h6-15,19-21H2,1-5H3. The Kier molecular flexibility index (Phi) is 10.5. The summed E-state index contributed by atoms with van der Waals surface area (Å²) in [5.41, 5.74) is 17.3. The van der Waals surface area contributed by atoms with Gasteiger partial charge in [0.15, 0.2) is 5.79 Å². The first-order valence-corrected chi connectivity index (χ1v) is 9.17. The van der Waals surface area contributed by atoms with Crippen LogP contribution in [0.2, 0.25) is 0 Å². The van der Waals surface area contributed by atoms with E-state index in [4.69, 9.17) is 26.7 Å². The van der Waals surface area contributed by atoms with Crippen molar-refractivity contribution in [2.45, 2.75) is 96.6 Å². The molecule has 0 spiro atoms. The van der Waals surface area contributed by atoms with Gasteiger partial charge in [0.25, 0.3) is 0 Å². The van der Waals surface area contributed by atoms with Crippen molar-refractivity contribution in [1.29, 1.82) is 0 Å². The van der Waals surface area contributed by atoms with Gasteiger partial charge < -0.3 is 26.7 Å². The number of unbranched alkanes of at least 4 members (excludes halogenated alkanes) is 5. The molecule has 0 aromatic rings. The average Bonchev–Trinajstić information content (AvgIpc) is 2.52. The molecule has 140 valence electrons. The maximum absolute atomic E-state index is 5.81. The second-order valence-electron chi connectivity index (χ2n) is 7.12. The SMILES string of the molecule is CCCCCCCCC(CC)(CCC(N)(N)N)C(C)(OC)OC. The highest BCUT2D eigenvalue weighted by atomic mass is 16.7. The molecule has 0 saturated heterocycles. The van der Waals surface area contributed by atoms with Crippen LogP contribution in [0.15, 0.2) is 0 Å². The fraction of sp³-hybridized carbons (Fsp3) is 1.00. The molecule has 0 fully saturated rings. The molecule has 0 bridgehead atoms. The van der Waals surface area contributed by atoms with Gasteiger partial charge in [-0.1, -0.05) is 52.4 Å². The van der Waals surface area contributed by atoms with Gasteiger partial charge in [0.05, 0.1) is 0 Å². The molecule has 0 amide bonds. The minimum atomic E-state index is -1.15. The molecule has 5 heteroatoms. The first-order chi connectivity index (χ1) is 10.7. The Balaban J connectivity index is 4.89. The summed E-state index contributed by atoms with van der Waals surface area (Å²) < 4.78 is 11.5. The molecule has 0 aliphatic heterocycles. The maximum Gasteiger partial charge on any atom is 0.170 e. The topological polar surface area (TPSA) is 96.5 Å².